The molecule has 0 unspecified atom stereocenters. The summed E-state index contributed by atoms with van der Waals surface area (Å²) in [5, 5.41) is 12.6. The highest BCUT2D eigenvalue weighted by atomic mass is 79.9. The minimum absolute atomic E-state index is 0.111. The number of carbonyl (C=O) groups excluding carboxylic acids is 2. The summed E-state index contributed by atoms with van der Waals surface area (Å²) >= 11 is 3.01. The second kappa shape index (κ2) is 6.96. The van der Waals surface area contributed by atoms with E-state index in [0.717, 1.165) is 12.1 Å². The molecule has 1 saturated heterocycles. The van der Waals surface area contributed by atoms with Crippen LogP contribution in [0.5, 0.6) is 5.75 Å². The third-order valence-electron chi connectivity index (χ3n) is 3.45. The Morgan fingerprint density at radius 1 is 1.42 bits per heavy atom. The lowest BCUT2D eigenvalue weighted by atomic mass is 10.1. The van der Waals surface area contributed by atoms with E-state index in [-0.39, 0.29) is 28.4 Å². The van der Waals surface area contributed by atoms with Crippen LogP contribution in [-0.4, -0.2) is 46.7 Å². The molecule has 0 saturated carbocycles. The van der Waals surface area contributed by atoms with E-state index < -0.39 is 23.4 Å². The molecular formula is C16H20BrFN2O4. The average molecular weight is 403 g/mol. The monoisotopic (exact) mass is 402 g/mol. The Balaban J connectivity index is 2.01. The van der Waals surface area contributed by atoms with E-state index in [1.165, 1.54) is 4.90 Å². The van der Waals surface area contributed by atoms with E-state index in [2.05, 4.69) is 21.2 Å². The van der Waals surface area contributed by atoms with Gasteiger partial charge in [0.15, 0.2) is 0 Å². The molecule has 24 heavy (non-hydrogen) atoms. The number of nitrogens with one attached hydrogen (secondary N) is 1. The van der Waals surface area contributed by atoms with Crippen LogP contribution in [0.15, 0.2) is 16.6 Å². The number of rotatable bonds is 2. The van der Waals surface area contributed by atoms with Gasteiger partial charge in [-0.1, -0.05) is 0 Å². The Hall–Kier alpha value is -1.83. The summed E-state index contributed by atoms with van der Waals surface area (Å²) in [5.74, 6) is -1.41. The lowest BCUT2D eigenvalue weighted by Gasteiger charge is -2.22. The lowest BCUT2D eigenvalue weighted by molar-refractivity contribution is 0.0502. The van der Waals surface area contributed by atoms with E-state index in [9.17, 15) is 19.1 Å². The Morgan fingerprint density at radius 2 is 2.08 bits per heavy atom. The predicted octanol–water partition coefficient (Wildman–Crippen LogP) is 3.03. The third-order valence-corrected chi connectivity index (χ3v) is 4.06. The number of alkyl carbamates (subject to hydrolysis) is 1. The predicted molar refractivity (Wildman–Crippen MR) is 89.4 cm³/mol. The lowest BCUT2D eigenvalue weighted by Crippen LogP contribution is -2.41. The van der Waals surface area contributed by atoms with Gasteiger partial charge >= 0.3 is 6.09 Å². The van der Waals surface area contributed by atoms with Crippen molar-refractivity contribution >= 4 is 27.9 Å². The highest BCUT2D eigenvalue weighted by molar-refractivity contribution is 9.10. The molecule has 1 aromatic carbocycles. The second-order valence-electron chi connectivity index (χ2n) is 6.67. The molecule has 132 valence electrons. The van der Waals surface area contributed by atoms with Crippen LogP contribution in [-0.2, 0) is 4.74 Å². The van der Waals surface area contributed by atoms with Crippen LogP contribution in [0, 0.1) is 5.82 Å². The normalized spacial score (nSPS) is 17.7. The SMILES string of the molecule is CC(C)(C)OC(=O)N[C@@H]1CCN(C(=O)c2cc(F)cc(Br)c2O)C1. The van der Waals surface area contributed by atoms with E-state index in [0.29, 0.717) is 13.0 Å². The fourth-order valence-electron chi connectivity index (χ4n) is 2.44. The van der Waals surface area contributed by atoms with Crippen LogP contribution in [0.2, 0.25) is 0 Å². The Bertz CT molecular complexity index is 660. The Labute approximate surface area is 148 Å². The zero-order chi connectivity index (χ0) is 18.1. The maximum atomic E-state index is 13.5. The van der Waals surface area contributed by atoms with Crippen LogP contribution < -0.4 is 5.32 Å². The van der Waals surface area contributed by atoms with Gasteiger partial charge in [0.1, 0.15) is 17.2 Å². The molecule has 1 atom stereocenters. The number of amides is 2. The molecule has 1 fully saturated rings. The van der Waals surface area contributed by atoms with Gasteiger partial charge in [-0.3, -0.25) is 4.79 Å². The van der Waals surface area contributed by atoms with Crippen LogP contribution in [0.1, 0.15) is 37.6 Å². The van der Waals surface area contributed by atoms with Gasteiger partial charge in [-0.15, -0.1) is 0 Å². The number of benzene rings is 1. The number of ether oxygens (including phenoxy) is 1. The van der Waals surface area contributed by atoms with Crippen molar-refractivity contribution in [3.63, 3.8) is 0 Å². The fraction of sp³-hybridized carbons (Fsp3) is 0.500. The van der Waals surface area contributed by atoms with Crippen molar-refractivity contribution in [1.29, 1.82) is 0 Å². The van der Waals surface area contributed by atoms with Crippen LogP contribution in [0.25, 0.3) is 0 Å². The third kappa shape index (κ3) is 4.59. The first-order chi connectivity index (χ1) is 11.1. The number of phenolic OH excluding ortho intramolecular Hbond substituents is 1. The summed E-state index contributed by atoms with van der Waals surface area (Å²) in [6.07, 6.45) is 0.0144. The van der Waals surface area contributed by atoms with E-state index in [1.807, 2.05) is 0 Å². The number of nitrogens with zero attached hydrogens (tertiary/aromatic N) is 1. The van der Waals surface area contributed by atoms with Crippen LogP contribution in [0.3, 0.4) is 0 Å². The molecule has 1 aliphatic rings. The van der Waals surface area contributed by atoms with Gasteiger partial charge in [-0.25, -0.2) is 9.18 Å². The van der Waals surface area contributed by atoms with Crippen molar-refractivity contribution in [3.8, 4) is 5.75 Å². The van der Waals surface area contributed by atoms with Gasteiger partial charge in [0, 0.05) is 13.1 Å². The second-order valence-corrected chi connectivity index (χ2v) is 7.52. The maximum absolute atomic E-state index is 13.5. The Kier molecular flexibility index (Phi) is 5.37. The molecule has 2 rings (SSSR count). The van der Waals surface area contributed by atoms with E-state index in [4.69, 9.17) is 4.74 Å². The average Bonchev–Trinajstić information content (AvgIpc) is 2.88. The number of aromatic hydroxyl groups is 1. The molecule has 0 radical (unpaired) electrons. The van der Waals surface area contributed by atoms with Gasteiger partial charge in [0.05, 0.1) is 16.1 Å². The molecule has 0 bridgehead atoms. The number of halogens is 2. The first-order valence-electron chi connectivity index (χ1n) is 7.53. The number of likely N-dealkylation sites (tertiary alicyclic amines) is 1. The number of hydrogen-bond acceptors (Lipinski definition) is 4. The molecule has 1 aromatic rings. The van der Waals surface area contributed by atoms with Gasteiger partial charge in [-0.2, -0.15) is 0 Å². The van der Waals surface area contributed by atoms with E-state index >= 15 is 0 Å². The quantitative estimate of drug-likeness (QED) is 0.796. The fourth-order valence-corrected chi connectivity index (χ4v) is 2.87. The number of carbonyl (C=O) groups is 2. The minimum atomic E-state index is -0.620. The molecule has 0 aliphatic carbocycles. The summed E-state index contributed by atoms with van der Waals surface area (Å²) in [4.78, 5) is 25.7. The van der Waals surface area contributed by atoms with Crippen LogP contribution in [0.4, 0.5) is 9.18 Å². The molecular weight excluding hydrogens is 383 g/mol. The summed E-state index contributed by atoms with van der Waals surface area (Å²) in [6, 6.07) is 1.84. The van der Waals surface area contributed by atoms with Crippen molar-refractivity contribution in [3.05, 3.63) is 28.0 Å². The number of phenols is 1. The largest absolute Gasteiger partial charge is 0.506 e. The van der Waals surface area contributed by atoms with Crippen molar-refractivity contribution in [2.24, 2.45) is 0 Å². The van der Waals surface area contributed by atoms with Gasteiger partial charge in [0.2, 0.25) is 0 Å². The summed E-state index contributed by atoms with van der Waals surface area (Å²) < 4.78 is 18.8. The smallest absolute Gasteiger partial charge is 0.407 e. The first-order valence-corrected chi connectivity index (χ1v) is 8.33. The van der Waals surface area contributed by atoms with Crippen molar-refractivity contribution in [2.75, 3.05) is 13.1 Å². The van der Waals surface area contributed by atoms with E-state index in [1.54, 1.807) is 20.8 Å². The summed E-state index contributed by atoms with van der Waals surface area (Å²) in [5.41, 5.74) is -0.711. The molecule has 0 aromatic heterocycles. The van der Waals surface area contributed by atoms with Crippen molar-refractivity contribution in [1.82, 2.24) is 10.2 Å². The van der Waals surface area contributed by atoms with Gasteiger partial charge in [0.25, 0.3) is 5.91 Å². The standard InChI is InChI=1S/C16H20BrFN2O4/c1-16(2,3)24-15(23)19-10-4-5-20(8-10)14(22)11-6-9(18)7-12(17)13(11)21/h6-7,10,21H,4-5,8H2,1-3H3,(H,19,23)/t10-/m1/s1. The van der Waals surface area contributed by atoms with Gasteiger partial charge < -0.3 is 20.1 Å². The maximum Gasteiger partial charge on any atom is 0.407 e. The Morgan fingerprint density at radius 3 is 2.71 bits per heavy atom. The number of hydrogen-bond donors (Lipinski definition) is 2. The molecule has 8 heteroatoms. The molecule has 1 heterocycles. The van der Waals surface area contributed by atoms with Gasteiger partial charge in [-0.05, 0) is 55.3 Å². The molecule has 1 aliphatic heterocycles. The molecule has 6 nitrogen and oxygen atoms in total. The molecule has 2 N–H and O–H groups in total. The summed E-state index contributed by atoms with van der Waals surface area (Å²) in [6.45, 7) is 5.96. The minimum Gasteiger partial charge on any atom is -0.506 e. The zero-order valence-corrected chi connectivity index (χ0v) is 15.3. The molecule has 0 spiro atoms. The zero-order valence-electron chi connectivity index (χ0n) is 13.7. The highest BCUT2D eigenvalue weighted by Crippen LogP contribution is 2.30. The highest BCUT2D eigenvalue weighted by Gasteiger charge is 2.31. The van der Waals surface area contributed by atoms with Crippen LogP contribution >= 0.6 is 15.9 Å². The van der Waals surface area contributed by atoms with Crippen molar-refractivity contribution < 1.29 is 23.8 Å². The van der Waals surface area contributed by atoms with Crippen molar-refractivity contribution in [2.45, 2.75) is 38.8 Å². The summed E-state index contributed by atoms with van der Waals surface area (Å²) in [7, 11) is 0. The molecule has 2 amide bonds. The first kappa shape index (κ1) is 18.5. The topological polar surface area (TPSA) is 78.9 Å².